The molecular formula is C14H11NO2S. The predicted molar refractivity (Wildman–Crippen MR) is 71.1 cm³/mol. The van der Waals surface area contributed by atoms with E-state index in [2.05, 4.69) is 5.32 Å². The molecule has 0 saturated carbocycles. The smallest absolute Gasteiger partial charge is 0.232 e. The van der Waals surface area contributed by atoms with Crippen LogP contribution in [0.1, 0.15) is 28.3 Å². The lowest BCUT2D eigenvalue weighted by molar-refractivity contribution is -0.117. The highest BCUT2D eigenvalue weighted by molar-refractivity contribution is 7.08. The van der Waals surface area contributed by atoms with Crippen molar-refractivity contribution < 1.29 is 9.59 Å². The third-order valence-corrected chi connectivity index (χ3v) is 3.83. The number of carbonyl (C=O) groups excluding carboxylic acids is 2. The van der Waals surface area contributed by atoms with Gasteiger partial charge in [0.15, 0.2) is 5.78 Å². The maximum Gasteiger partial charge on any atom is 0.232 e. The van der Waals surface area contributed by atoms with Crippen LogP contribution in [0, 0.1) is 0 Å². The van der Waals surface area contributed by atoms with E-state index in [1.54, 1.807) is 6.07 Å². The Bertz CT molecular complexity index is 604. The Morgan fingerprint density at radius 1 is 1.28 bits per heavy atom. The molecule has 18 heavy (non-hydrogen) atoms. The summed E-state index contributed by atoms with van der Waals surface area (Å²) in [5.41, 5.74) is 2.44. The number of carbonyl (C=O) groups is 2. The molecule has 3 rings (SSSR count). The van der Waals surface area contributed by atoms with Crippen molar-refractivity contribution in [3.8, 4) is 0 Å². The van der Waals surface area contributed by atoms with E-state index in [4.69, 9.17) is 0 Å². The third-order valence-electron chi connectivity index (χ3n) is 3.14. The maximum absolute atomic E-state index is 12.0. The summed E-state index contributed by atoms with van der Waals surface area (Å²) in [6, 6.07) is 9.33. The van der Waals surface area contributed by atoms with Gasteiger partial charge in [0.25, 0.3) is 0 Å². The van der Waals surface area contributed by atoms with Gasteiger partial charge in [-0.3, -0.25) is 9.59 Å². The molecule has 0 radical (unpaired) electrons. The highest BCUT2D eigenvalue weighted by Gasteiger charge is 2.32. The molecule has 0 bridgehead atoms. The number of Topliss-reactive ketones (excluding diaryl/α,β-unsaturated/α-hetero) is 1. The Hall–Kier alpha value is -1.94. The number of hydrogen-bond donors (Lipinski definition) is 1. The van der Waals surface area contributed by atoms with Gasteiger partial charge >= 0.3 is 0 Å². The van der Waals surface area contributed by atoms with Gasteiger partial charge in [-0.15, -0.1) is 0 Å². The zero-order valence-corrected chi connectivity index (χ0v) is 10.4. The number of ketones is 1. The number of benzene rings is 1. The van der Waals surface area contributed by atoms with E-state index in [0.717, 1.165) is 11.3 Å². The second-order valence-corrected chi connectivity index (χ2v) is 5.05. The van der Waals surface area contributed by atoms with Crippen molar-refractivity contribution in [2.75, 3.05) is 5.32 Å². The van der Waals surface area contributed by atoms with Crippen LogP contribution in [-0.4, -0.2) is 11.7 Å². The minimum Gasteiger partial charge on any atom is -0.325 e. The molecule has 1 aromatic carbocycles. The second kappa shape index (κ2) is 4.38. The molecule has 1 unspecified atom stereocenters. The van der Waals surface area contributed by atoms with Crippen LogP contribution in [0.25, 0.3) is 0 Å². The summed E-state index contributed by atoms with van der Waals surface area (Å²) >= 11 is 1.49. The van der Waals surface area contributed by atoms with Gasteiger partial charge in [-0.25, -0.2) is 0 Å². The SMILES string of the molecule is O=C(CC1C(=O)Nc2ccccc21)c1ccsc1. The Labute approximate surface area is 108 Å². The molecule has 0 spiro atoms. The number of para-hydroxylation sites is 1. The first-order valence-corrected chi connectivity index (χ1v) is 6.65. The highest BCUT2D eigenvalue weighted by atomic mass is 32.1. The van der Waals surface area contributed by atoms with E-state index in [1.807, 2.05) is 35.0 Å². The van der Waals surface area contributed by atoms with E-state index >= 15 is 0 Å². The molecule has 1 aliphatic rings. The minimum absolute atomic E-state index is 0.0214. The minimum atomic E-state index is -0.353. The molecule has 1 atom stereocenters. The number of rotatable bonds is 3. The Morgan fingerprint density at radius 3 is 2.89 bits per heavy atom. The standard InChI is InChI=1S/C14H11NO2S/c16-13(9-5-6-18-8-9)7-11-10-3-1-2-4-12(10)15-14(11)17/h1-6,8,11H,7H2,(H,15,17). The summed E-state index contributed by atoms with van der Waals surface area (Å²) in [7, 11) is 0. The van der Waals surface area contributed by atoms with Crippen molar-refractivity contribution in [2.24, 2.45) is 0 Å². The Morgan fingerprint density at radius 2 is 2.11 bits per heavy atom. The average molecular weight is 257 g/mol. The fourth-order valence-corrected chi connectivity index (χ4v) is 2.87. The summed E-state index contributed by atoms with van der Waals surface area (Å²) in [5, 5.41) is 6.50. The zero-order chi connectivity index (χ0) is 12.5. The topological polar surface area (TPSA) is 46.2 Å². The summed E-state index contributed by atoms with van der Waals surface area (Å²) in [5.74, 6) is -0.415. The lowest BCUT2D eigenvalue weighted by Crippen LogP contribution is -2.15. The summed E-state index contributed by atoms with van der Waals surface area (Å²) < 4.78 is 0. The molecule has 2 aromatic rings. The van der Waals surface area contributed by atoms with Gasteiger partial charge in [-0.05, 0) is 23.1 Å². The average Bonchev–Trinajstić information content (AvgIpc) is 2.98. The Kier molecular flexibility index (Phi) is 2.72. The van der Waals surface area contributed by atoms with Crippen LogP contribution < -0.4 is 5.32 Å². The predicted octanol–water partition coefficient (Wildman–Crippen LogP) is 3.06. The number of fused-ring (bicyclic) bond motifs is 1. The van der Waals surface area contributed by atoms with Crippen molar-refractivity contribution in [3.63, 3.8) is 0 Å². The van der Waals surface area contributed by atoms with Crippen LogP contribution in [0.4, 0.5) is 5.69 Å². The third kappa shape index (κ3) is 1.84. The lowest BCUT2D eigenvalue weighted by Gasteiger charge is -2.06. The number of hydrogen-bond acceptors (Lipinski definition) is 3. The summed E-state index contributed by atoms with van der Waals surface area (Å²) in [4.78, 5) is 23.9. The molecule has 1 aromatic heterocycles. The second-order valence-electron chi connectivity index (χ2n) is 4.27. The van der Waals surface area contributed by atoms with Crippen molar-refractivity contribution in [1.82, 2.24) is 0 Å². The molecule has 1 amide bonds. The fraction of sp³-hybridized carbons (Fsp3) is 0.143. The Balaban J connectivity index is 1.85. The van der Waals surface area contributed by atoms with E-state index in [0.29, 0.717) is 5.56 Å². The van der Waals surface area contributed by atoms with Gasteiger partial charge in [0.1, 0.15) is 0 Å². The molecule has 90 valence electrons. The van der Waals surface area contributed by atoms with Crippen LogP contribution in [0.3, 0.4) is 0 Å². The van der Waals surface area contributed by atoms with Gasteiger partial charge in [0, 0.05) is 23.1 Å². The zero-order valence-electron chi connectivity index (χ0n) is 9.55. The van der Waals surface area contributed by atoms with Crippen LogP contribution in [0.15, 0.2) is 41.1 Å². The lowest BCUT2D eigenvalue weighted by atomic mass is 9.93. The van der Waals surface area contributed by atoms with Crippen LogP contribution >= 0.6 is 11.3 Å². The molecule has 1 aliphatic heterocycles. The number of amides is 1. The van der Waals surface area contributed by atoms with E-state index < -0.39 is 0 Å². The van der Waals surface area contributed by atoms with Crippen molar-refractivity contribution in [2.45, 2.75) is 12.3 Å². The first kappa shape index (κ1) is 11.2. The normalized spacial score (nSPS) is 17.3. The number of thiophene rings is 1. The maximum atomic E-state index is 12.0. The van der Waals surface area contributed by atoms with Crippen LogP contribution in [0.2, 0.25) is 0 Å². The first-order valence-electron chi connectivity index (χ1n) is 5.71. The molecule has 0 fully saturated rings. The van der Waals surface area contributed by atoms with Crippen molar-refractivity contribution in [3.05, 3.63) is 52.2 Å². The van der Waals surface area contributed by atoms with Gasteiger partial charge in [0.2, 0.25) is 5.91 Å². The quantitative estimate of drug-likeness (QED) is 0.859. The number of nitrogens with one attached hydrogen (secondary N) is 1. The monoisotopic (exact) mass is 257 g/mol. The van der Waals surface area contributed by atoms with E-state index in [-0.39, 0.29) is 24.0 Å². The van der Waals surface area contributed by atoms with Gasteiger partial charge in [-0.2, -0.15) is 11.3 Å². The molecule has 4 heteroatoms. The van der Waals surface area contributed by atoms with Crippen LogP contribution in [-0.2, 0) is 4.79 Å². The van der Waals surface area contributed by atoms with E-state index in [9.17, 15) is 9.59 Å². The highest BCUT2D eigenvalue weighted by Crippen LogP contribution is 2.35. The summed E-state index contributed by atoms with van der Waals surface area (Å²) in [6.07, 6.45) is 0.236. The largest absolute Gasteiger partial charge is 0.325 e. The van der Waals surface area contributed by atoms with Crippen molar-refractivity contribution >= 4 is 28.7 Å². The summed E-state index contributed by atoms with van der Waals surface area (Å²) in [6.45, 7) is 0. The number of anilines is 1. The van der Waals surface area contributed by atoms with Crippen LogP contribution in [0.5, 0.6) is 0 Å². The fourth-order valence-electron chi connectivity index (χ4n) is 2.20. The van der Waals surface area contributed by atoms with E-state index in [1.165, 1.54) is 11.3 Å². The molecular weight excluding hydrogens is 246 g/mol. The van der Waals surface area contributed by atoms with Gasteiger partial charge in [0.05, 0.1) is 5.92 Å². The molecule has 0 aliphatic carbocycles. The molecule has 1 N–H and O–H groups in total. The first-order chi connectivity index (χ1) is 8.75. The van der Waals surface area contributed by atoms with Crippen molar-refractivity contribution in [1.29, 1.82) is 0 Å². The molecule has 0 saturated heterocycles. The molecule has 3 nitrogen and oxygen atoms in total. The van der Waals surface area contributed by atoms with Gasteiger partial charge in [-0.1, -0.05) is 18.2 Å². The van der Waals surface area contributed by atoms with Gasteiger partial charge < -0.3 is 5.32 Å². The molecule has 2 heterocycles.